The molecule has 1 aromatic heterocycles. The van der Waals surface area contributed by atoms with E-state index in [1.165, 1.54) is 0 Å². The first-order valence-corrected chi connectivity index (χ1v) is 9.67. The Morgan fingerprint density at radius 3 is 2.68 bits per heavy atom. The van der Waals surface area contributed by atoms with Gasteiger partial charge in [-0.05, 0) is 43.7 Å². The molecule has 1 aliphatic heterocycles. The van der Waals surface area contributed by atoms with Gasteiger partial charge in [-0.15, -0.1) is 0 Å². The Morgan fingerprint density at radius 1 is 1.32 bits per heavy atom. The molecule has 2 aromatic rings. The van der Waals surface area contributed by atoms with E-state index in [4.69, 9.17) is 0 Å². The molecule has 2 heterocycles. The second-order valence-electron chi connectivity index (χ2n) is 8.23. The molecule has 3 N–H and O–H groups in total. The number of nitrogens with zero attached hydrogens (tertiary/aromatic N) is 2. The number of urea groups is 1. The predicted octanol–water partition coefficient (Wildman–Crippen LogP) is 2.10. The summed E-state index contributed by atoms with van der Waals surface area (Å²) in [5.74, 6) is 0.188. The summed E-state index contributed by atoms with van der Waals surface area (Å²) in [6, 6.07) is 6.80. The van der Waals surface area contributed by atoms with E-state index in [0.29, 0.717) is 5.82 Å². The molecule has 2 fully saturated rings. The molecule has 0 radical (unpaired) electrons. The van der Waals surface area contributed by atoms with Crippen molar-refractivity contribution in [2.24, 2.45) is 11.8 Å². The Morgan fingerprint density at radius 2 is 2.04 bits per heavy atom. The molecule has 2 aliphatic rings. The van der Waals surface area contributed by atoms with Gasteiger partial charge >= 0.3 is 6.03 Å². The van der Waals surface area contributed by atoms with Crippen LogP contribution in [0.15, 0.2) is 24.3 Å². The van der Waals surface area contributed by atoms with Crippen LogP contribution in [0.3, 0.4) is 0 Å². The smallest absolute Gasteiger partial charge is 0.325 e. The Bertz CT molecular complexity index is 915. The Kier molecular flexibility index (Phi) is 4.36. The van der Waals surface area contributed by atoms with Gasteiger partial charge in [-0.25, -0.2) is 9.78 Å². The SMILES string of the molecule is CC(C)C(NC(=O)CN1C(=O)NC(C)(C2CC2)C1=O)c1nc2ccccc2[nH]1. The topological polar surface area (TPSA) is 107 Å². The molecule has 0 bridgehead atoms. The lowest BCUT2D eigenvalue weighted by Gasteiger charge is -2.23. The van der Waals surface area contributed by atoms with Crippen molar-refractivity contribution in [3.63, 3.8) is 0 Å². The van der Waals surface area contributed by atoms with Gasteiger partial charge in [0.15, 0.2) is 0 Å². The van der Waals surface area contributed by atoms with Crippen LogP contribution in [-0.2, 0) is 9.59 Å². The van der Waals surface area contributed by atoms with Gasteiger partial charge in [0.2, 0.25) is 5.91 Å². The maximum absolute atomic E-state index is 12.7. The molecule has 1 aromatic carbocycles. The molecule has 2 unspecified atom stereocenters. The molecule has 2 atom stereocenters. The molecule has 1 aliphatic carbocycles. The Balaban J connectivity index is 1.48. The first kappa shape index (κ1) is 18.5. The lowest BCUT2D eigenvalue weighted by molar-refractivity contribution is -0.135. The van der Waals surface area contributed by atoms with E-state index in [-0.39, 0.29) is 36.2 Å². The van der Waals surface area contributed by atoms with Crippen molar-refractivity contribution >= 4 is 28.9 Å². The maximum atomic E-state index is 12.7. The molecular weight excluding hydrogens is 358 g/mol. The first-order chi connectivity index (χ1) is 13.3. The van der Waals surface area contributed by atoms with Gasteiger partial charge in [0.1, 0.15) is 17.9 Å². The summed E-state index contributed by atoms with van der Waals surface area (Å²) in [7, 11) is 0. The summed E-state index contributed by atoms with van der Waals surface area (Å²) in [5, 5.41) is 5.69. The van der Waals surface area contributed by atoms with Crippen molar-refractivity contribution in [3.05, 3.63) is 30.1 Å². The number of imide groups is 1. The van der Waals surface area contributed by atoms with E-state index in [0.717, 1.165) is 28.8 Å². The lowest BCUT2D eigenvalue weighted by Crippen LogP contribution is -2.47. The normalized spacial score (nSPS) is 23.4. The number of carbonyl (C=O) groups is 3. The average molecular weight is 383 g/mol. The van der Waals surface area contributed by atoms with E-state index in [1.807, 2.05) is 38.1 Å². The number of rotatable bonds is 6. The molecular formula is C20H25N5O3. The number of fused-ring (bicyclic) bond motifs is 1. The van der Waals surface area contributed by atoms with Gasteiger partial charge in [0, 0.05) is 0 Å². The molecule has 1 saturated heterocycles. The highest BCUT2D eigenvalue weighted by Gasteiger charge is 2.56. The van der Waals surface area contributed by atoms with Crippen molar-refractivity contribution in [1.82, 2.24) is 25.5 Å². The van der Waals surface area contributed by atoms with Crippen LogP contribution in [0.25, 0.3) is 11.0 Å². The summed E-state index contributed by atoms with van der Waals surface area (Å²) in [6.45, 7) is 5.41. The van der Waals surface area contributed by atoms with Crippen LogP contribution in [0.5, 0.6) is 0 Å². The summed E-state index contributed by atoms with van der Waals surface area (Å²) in [5.41, 5.74) is 0.839. The van der Waals surface area contributed by atoms with Crippen molar-refractivity contribution in [2.75, 3.05) is 6.54 Å². The molecule has 28 heavy (non-hydrogen) atoms. The second kappa shape index (κ2) is 6.61. The lowest BCUT2D eigenvalue weighted by atomic mass is 9.96. The van der Waals surface area contributed by atoms with Crippen LogP contribution in [0.1, 0.15) is 45.5 Å². The van der Waals surface area contributed by atoms with Crippen LogP contribution in [0, 0.1) is 11.8 Å². The summed E-state index contributed by atoms with van der Waals surface area (Å²) in [6.07, 6.45) is 1.84. The van der Waals surface area contributed by atoms with E-state index in [1.54, 1.807) is 6.92 Å². The highest BCUT2D eigenvalue weighted by molar-refractivity contribution is 6.09. The average Bonchev–Trinajstić information content (AvgIpc) is 3.38. The second-order valence-corrected chi connectivity index (χ2v) is 8.23. The van der Waals surface area contributed by atoms with Crippen molar-refractivity contribution in [3.8, 4) is 0 Å². The number of carbonyl (C=O) groups excluding carboxylic acids is 3. The molecule has 4 amide bonds. The van der Waals surface area contributed by atoms with Gasteiger partial charge < -0.3 is 15.6 Å². The quantitative estimate of drug-likeness (QED) is 0.664. The summed E-state index contributed by atoms with van der Waals surface area (Å²) < 4.78 is 0. The fourth-order valence-corrected chi connectivity index (χ4v) is 3.83. The van der Waals surface area contributed by atoms with Crippen molar-refractivity contribution < 1.29 is 14.4 Å². The highest BCUT2D eigenvalue weighted by Crippen LogP contribution is 2.42. The Labute approximate surface area is 163 Å². The molecule has 8 heteroatoms. The van der Waals surface area contributed by atoms with Crippen LogP contribution >= 0.6 is 0 Å². The molecule has 1 saturated carbocycles. The number of para-hydroxylation sites is 2. The maximum Gasteiger partial charge on any atom is 0.325 e. The minimum absolute atomic E-state index is 0.0735. The largest absolute Gasteiger partial charge is 0.344 e. The number of nitrogens with one attached hydrogen (secondary N) is 3. The van der Waals surface area contributed by atoms with Crippen LogP contribution in [0.4, 0.5) is 4.79 Å². The molecule has 4 rings (SSSR count). The van der Waals surface area contributed by atoms with Crippen LogP contribution in [-0.4, -0.2) is 44.8 Å². The highest BCUT2D eigenvalue weighted by atomic mass is 16.2. The number of aromatic nitrogens is 2. The zero-order chi connectivity index (χ0) is 20.1. The first-order valence-electron chi connectivity index (χ1n) is 9.67. The minimum Gasteiger partial charge on any atom is -0.344 e. The number of benzene rings is 1. The number of hydrogen-bond donors (Lipinski definition) is 3. The van der Waals surface area contributed by atoms with E-state index < -0.39 is 11.6 Å². The minimum atomic E-state index is -0.881. The van der Waals surface area contributed by atoms with Crippen LogP contribution in [0.2, 0.25) is 0 Å². The fraction of sp³-hybridized carbons (Fsp3) is 0.500. The van der Waals surface area contributed by atoms with Gasteiger partial charge in [-0.3, -0.25) is 14.5 Å². The van der Waals surface area contributed by atoms with Gasteiger partial charge in [-0.1, -0.05) is 26.0 Å². The Hall–Kier alpha value is -2.90. The number of H-pyrrole nitrogens is 1. The predicted molar refractivity (Wildman–Crippen MR) is 103 cm³/mol. The third-order valence-corrected chi connectivity index (χ3v) is 5.68. The zero-order valence-electron chi connectivity index (χ0n) is 16.3. The third kappa shape index (κ3) is 3.12. The fourth-order valence-electron chi connectivity index (χ4n) is 3.83. The number of amides is 4. The summed E-state index contributed by atoms with van der Waals surface area (Å²) >= 11 is 0. The summed E-state index contributed by atoms with van der Waals surface area (Å²) in [4.78, 5) is 46.5. The zero-order valence-corrected chi connectivity index (χ0v) is 16.3. The number of aromatic amines is 1. The van der Waals surface area contributed by atoms with Crippen LogP contribution < -0.4 is 10.6 Å². The van der Waals surface area contributed by atoms with E-state index in [9.17, 15) is 14.4 Å². The van der Waals surface area contributed by atoms with E-state index >= 15 is 0 Å². The van der Waals surface area contributed by atoms with Gasteiger partial charge in [0.05, 0.1) is 17.1 Å². The number of imidazole rings is 1. The molecule has 0 spiro atoms. The molecule has 8 nitrogen and oxygen atoms in total. The third-order valence-electron chi connectivity index (χ3n) is 5.68. The molecule has 148 valence electrons. The van der Waals surface area contributed by atoms with Gasteiger partial charge in [0.25, 0.3) is 5.91 Å². The van der Waals surface area contributed by atoms with Crippen molar-refractivity contribution in [2.45, 2.75) is 45.2 Å². The monoisotopic (exact) mass is 383 g/mol. The van der Waals surface area contributed by atoms with Crippen molar-refractivity contribution in [1.29, 1.82) is 0 Å². The standard InChI is InChI=1S/C20H25N5O3/c1-11(2)16(17-21-13-6-4-5-7-14(13)22-17)23-15(26)10-25-18(27)20(3,12-8-9-12)24-19(25)28/h4-7,11-12,16H,8-10H2,1-3H3,(H,21,22)(H,23,26)(H,24,28). The number of hydrogen-bond acceptors (Lipinski definition) is 4. The van der Waals surface area contributed by atoms with Gasteiger partial charge in [-0.2, -0.15) is 0 Å². The van der Waals surface area contributed by atoms with E-state index in [2.05, 4.69) is 20.6 Å².